The van der Waals surface area contributed by atoms with Crippen LogP contribution in [-0.2, 0) is 4.74 Å². The molecule has 0 aliphatic rings. The van der Waals surface area contributed by atoms with Crippen molar-refractivity contribution in [2.45, 2.75) is 70.0 Å². The maximum Gasteiger partial charge on any atom is 0.407 e. The Labute approximate surface area is 112 Å². The smallest absolute Gasteiger partial charge is 0.407 e. The van der Waals surface area contributed by atoms with E-state index >= 15 is 0 Å². The molecule has 17 heavy (non-hydrogen) atoms. The molecular weight excluding hydrogens is 286 g/mol. The summed E-state index contributed by atoms with van der Waals surface area (Å²) in [7, 11) is 0. The van der Waals surface area contributed by atoms with E-state index in [1.54, 1.807) is 6.92 Å². The van der Waals surface area contributed by atoms with Crippen LogP contribution in [0, 0.1) is 0 Å². The van der Waals surface area contributed by atoms with Crippen molar-refractivity contribution in [2.75, 3.05) is 0 Å². The molecule has 0 bridgehead atoms. The standard InChI is InChI=1S/C12H24BrNO3/c1-6-7-9(13)10(8(2)15)14-11(16)17-12(3,4)5/h8-10,15H,6-7H2,1-5H3,(H,14,16)/t8-,9-,10+/m0/s1. The maximum absolute atomic E-state index is 11.6. The fourth-order valence-corrected chi connectivity index (χ4v) is 2.44. The van der Waals surface area contributed by atoms with Gasteiger partial charge in [-0.2, -0.15) is 0 Å². The molecule has 0 saturated heterocycles. The van der Waals surface area contributed by atoms with Gasteiger partial charge in [-0.15, -0.1) is 0 Å². The van der Waals surface area contributed by atoms with Crippen LogP contribution < -0.4 is 5.32 Å². The molecule has 0 aromatic carbocycles. The Bertz CT molecular complexity index is 238. The number of rotatable bonds is 5. The third-order valence-electron chi connectivity index (χ3n) is 2.16. The highest BCUT2D eigenvalue weighted by Gasteiger charge is 2.27. The Hall–Kier alpha value is -0.290. The number of carbonyl (C=O) groups is 1. The number of nitrogens with one attached hydrogen (secondary N) is 1. The molecule has 0 spiro atoms. The predicted octanol–water partition coefficient (Wildman–Crippen LogP) is 2.82. The fourth-order valence-electron chi connectivity index (χ4n) is 1.41. The van der Waals surface area contributed by atoms with Crippen molar-refractivity contribution in [3.05, 3.63) is 0 Å². The summed E-state index contributed by atoms with van der Waals surface area (Å²) >= 11 is 3.48. The quantitative estimate of drug-likeness (QED) is 0.768. The van der Waals surface area contributed by atoms with Crippen molar-refractivity contribution < 1.29 is 14.6 Å². The van der Waals surface area contributed by atoms with Gasteiger partial charge < -0.3 is 15.2 Å². The molecule has 0 aliphatic heterocycles. The molecule has 0 aromatic rings. The molecule has 0 aromatic heterocycles. The molecule has 0 heterocycles. The van der Waals surface area contributed by atoms with E-state index in [0.717, 1.165) is 12.8 Å². The minimum atomic E-state index is -0.626. The van der Waals surface area contributed by atoms with E-state index in [2.05, 4.69) is 28.2 Å². The minimum absolute atomic E-state index is 0.0417. The van der Waals surface area contributed by atoms with Gasteiger partial charge in [0.15, 0.2) is 0 Å². The van der Waals surface area contributed by atoms with Gasteiger partial charge in [0.05, 0.1) is 12.1 Å². The molecule has 4 nitrogen and oxygen atoms in total. The van der Waals surface area contributed by atoms with Crippen molar-refractivity contribution >= 4 is 22.0 Å². The topological polar surface area (TPSA) is 58.6 Å². The lowest BCUT2D eigenvalue weighted by Gasteiger charge is -2.28. The second-order valence-corrected chi connectivity index (χ2v) is 6.39. The highest BCUT2D eigenvalue weighted by Crippen LogP contribution is 2.16. The van der Waals surface area contributed by atoms with Crippen LogP contribution >= 0.6 is 15.9 Å². The van der Waals surface area contributed by atoms with Gasteiger partial charge in [-0.25, -0.2) is 4.79 Å². The maximum atomic E-state index is 11.6. The summed E-state index contributed by atoms with van der Waals surface area (Å²) < 4.78 is 5.16. The summed E-state index contributed by atoms with van der Waals surface area (Å²) in [6.45, 7) is 9.14. The number of alkyl halides is 1. The predicted molar refractivity (Wildman–Crippen MR) is 72.5 cm³/mol. The van der Waals surface area contributed by atoms with Crippen LogP contribution in [0.25, 0.3) is 0 Å². The van der Waals surface area contributed by atoms with E-state index in [4.69, 9.17) is 4.74 Å². The monoisotopic (exact) mass is 309 g/mol. The first-order chi connectivity index (χ1) is 7.67. The molecule has 5 heteroatoms. The molecule has 0 saturated carbocycles. The van der Waals surface area contributed by atoms with Gasteiger partial charge in [-0.3, -0.25) is 0 Å². The van der Waals surface area contributed by atoms with Crippen LogP contribution in [0.2, 0.25) is 0 Å². The third kappa shape index (κ3) is 7.60. The molecule has 0 aliphatic carbocycles. The zero-order valence-corrected chi connectivity index (χ0v) is 12.9. The van der Waals surface area contributed by atoms with E-state index in [0.29, 0.717) is 0 Å². The average molecular weight is 310 g/mol. The Morgan fingerprint density at radius 1 is 1.47 bits per heavy atom. The highest BCUT2D eigenvalue weighted by molar-refractivity contribution is 9.09. The van der Waals surface area contributed by atoms with Crippen molar-refractivity contribution in [3.63, 3.8) is 0 Å². The normalized spacial score (nSPS) is 17.1. The zero-order chi connectivity index (χ0) is 13.6. The van der Waals surface area contributed by atoms with Gasteiger partial charge in [-0.05, 0) is 34.1 Å². The summed E-state index contributed by atoms with van der Waals surface area (Å²) in [4.78, 5) is 11.7. The SMILES string of the molecule is CCC[C@H](Br)[C@H](NC(=O)OC(C)(C)C)[C@H](C)O. The molecule has 3 atom stereocenters. The molecule has 0 rings (SSSR count). The van der Waals surface area contributed by atoms with Gasteiger partial charge in [0, 0.05) is 4.83 Å². The van der Waals surface area contributed by atoms with Gasteiger partial charge in [-0.1, -0.05) is 29.3 Å². The number of amides is 1. The summed E-state index contributed by atoms with van der Waals surface area (Å²) in [5, 5.41) is 12.4. The summed E-state index contributed by atoms with van der Waals surface area (Å²) in [5.41, 5.74) is -0.528. The number of hydrogen-bond donors (Lipinski definition) is 2. The summed E-state index contributed by atoms with van der Waals surface area (Å²) in [5.74, 6) is 0. The summed E-state index contributed by atoms with van der Waals surface area (Å²) in [6.07, 6.45) is 0.739. The highest BCUT2D eigenvalue weighted by atomic mass is 79.9. The number of aliphatic hydroxyl groups is 1. The van der Waals surface area contributed by atoms with Crippen molar-refractivity contribution in [1.29, 1.82) is 0 Å². The number of aliphatic hydroxyl groups excluding tert-OH is 1. The summed E-state index contributed by atoms with van der Waals surface area (Å²) in [6, 6.07) is -0.343. The van der Waals surface area contributed by atoms with Crippen molar-refractivity contribution in [1.82, 2.24) is 5.32 Å². The number of ether oxygens (including phenoxy) is 1. The van der Waals surface area contributed by atoms with E-state index in [1.165, 1.54) is 0 Å². The Morgan fingerprint density at radius 2 is 2.00 bits per heavy atom. The Kier molecular flexibility index (Phi) is 7.09. The largest absolute Gasteiger partial charge is 0.444 e. The van der Waals surface area contributed by atoms with Crippen LogP contribution in [-0.4, -0.2) is 33.8 Å². The van der Waals surface area contributed by atoms with Crippen molar-refractivity contribution in [3.8, 4) is 0 Å². The van der Waals surface area contributed by atoms with Crippen LogP contribution in [0.5, 0.6) is 0 Å². The van der Waals surface area contributed by atoms with E-state index in [9.17, 15) is 9.90 Å². The van der Waals surface area contributed by atoms with Crippen molar-refractivity contribution in [2.24, 2.45) is 0 Å². The first-order valence-electron chi connectivity index (χ1n) is 5.99. The van der Waals surface area contributed by atoms with Crippen LogP contribution in [0.15, 0.2) is 0 Å². The number of alkyl carbamates (subject to hydrolysis) is 1. The van der Waals surface area contributed by atoms with Crippen LogP contribution in [0.4, 0.5) is 4.79 Å². The van der Waals surface area contributed by atoms with E-state index < -0.39 is 17.8 Å². The second kappa shape index (κ2) is 7.21. The first-order valence-corrected chi connectivity index (χ1v) is 6.90. The average Bonchev–Trinajstić information content (AvgIpc) is 2.11. The molecule has 1 amide bonds. The Morgan fingerprint density at radius 3 is 2.35 bits per heavy atom. The van der Waals surface area contributed by atoms with Gasteiger partial charge in [0.1, 0.15) is 5.60 Å². The van der Waals surface area contributed by atoms with Gasteiger partial charge in [0.2, 0.25) is 0 Å². The van der Waals surface area contributed by atoms with Crippen LogP contribution in [0.1, 0.15) is 47.5 Å². The third-order valence-corrected chi connectivity index (χ3v) is 3.18. The molecule has 0 fully saturated rings. The van der Waals surface area contributed by atoms with Crippen LogP contribution in [0.3, 0.4) is 0 Å². The molecular formula is C12H24BrNO3. The molecule has 102 valence electrons. The lowest BCUT2D eigenvalue weighted by atomic mass is 10.1. The fraction of sp³-hybridized carbons (Fsp3) is 0.917. The zero-order valence-electron chi connectivity index (χ0n) is 11.3. The second-order valence-electron chi connectivity index (χ2n) is 5.22. The first kappa shape index (κ1) is 16.7. The number of halogens is 1. The minimum Gasteiger partial charge on any atom is -0.444 e. The number of carbonyl (C=O) groups excluding carboxylic acids is 1. The molecule has 0 radical (unpaired) electrons. The van der Waals surface area contributed by atoms with Gasteiger partial charge >= 0.3 is 6.09 Å². The Balaban J connectivity index is 4.40. The van der Waals surface area contributed by atoms with E-state index in [-0.39, 0.29) is 10.9 Å². The van der Waals surface area contributed by atoms with E-state index in [1.807, 2.05) is 20.8 Å². The lowest BCUT2D eigenvalue weighted by Crippen LogP contribution is -2.49. The van der Waals surface area contributed by atoms with Gasteiger partial charge in [0.25, 0.3) is 0 Å². The molecule has 2 N–H and O–H groups in total. The lowest BCUT2D eigenvalue weighted by molar-refractivity contribution is 0.0435. The number of hydrogen-bond acceptors (Lipinski definition) is 3. The molecule has 0 unspecified atom stereocenters.